The second-order valence-electron chi connectivity index (χ2n) is 13.5. The molecule has 45 heavy (non-hydrogen) atoms. The maximum atomic E-state index is 13.7. The van der Waals surface area contributed by atoms with Gasteiger partial charge in [-0.3, -0.25) is 0 Å². The van der Waals surface area contributed by atoms with Crippen LogP contribution in [0.4, 0.5) is 9.59 Å². The second kappa shape index (κ2) is 12.5. The molecule has 1 aliphatic rings. The summed E-state index contributed by atoms with van der Waals surface area (Å²) in [5.41, 5.74) is 1.92. The zero-order valence-electron chi connectivity index (χ0n) is 26.5. The molecule has 1 fully saturated rings. The highest BCUT2D eigenvalue weighted by Gasteiger charge is 2.30. The molecule has 1 aliphatic carbocycles. The summed E-state index contributed by atoms with van der Waals surface area (Å²) in [5.74, 6) is 0.406. The van der Waals surface area contributed by atoms with Gasteiger partial charge in [0.1, 0.15) is 28.7 Å². The minimum atomic E-state index is -0.728. The molecule has 0 atom stereocenters. The number of hydrogen-bond acceptors (Lipinski definition) is 8. The lowest BCUT2D eigenvalue weighted by molar-refractivity contribution is 0.0163. The van der Waals surface area contributed by atoms with E-state index in [9.17, 15) is 14.9 Å². The number of halogens is 1. The molecule has 0 aliphatic heterocycles. The zero-order chi connectivity index (χ0) is 32.5. The van der Waals surface area contributed by atoms with E-state index in [0.717, 1.165) is 30.2 Å². The molecular formula is C33H38ClN7O4. The number of carbonyl (C=O) groups excluding carboxylic acids is 2. The van der Waals surface area contributed by atoms with Crippen molar-refractivity contribution in [3.8, 4) is 17.3 Å². The number of nitriles is 1. The Morgan fingerprint density at radius 1 is 1.09 bits per heavy atom. The van der Waals surface area contributed by atoms with Crippen molar-refractivity contribution in [3.05, 3.63) is 64.7 Å². The first-order valence-corrected chi connectivity index (χ1v) is 15.4. The molecule has 236 valence electrons. The SMILES string of the molecule is CC(C)(C)OC(=O)N(Cc1cc2ccc(Cn3cc(-c4cc(Cl)cnc4C#N)nn3)cc2n1C(=O)OC(C)(C)C)CC1CCC1. The number of pyridine rings is 1. The number of rotatable bonds is 7. The van der Waals surface area contributed by atoms with Crippen molar-refractivity contribution < 1.29 is 19.1 Å². The van der Waals surface area contributed by atoms with Crippen molar-refractivity contribution in [3.63, 3.8) is 0 Å². The van der Waals surface area contributed by atoms with E-state index in [0.29, 0.717) is 46.5 Å². The smallest absolute Gasteiger partial charge is 0.419 e. The van der Waals surface area contributed by atoms with Gasteiger partial charge < -0.3 is 14.4 Å². The quantitative estimate of drug-likeness (QED) is 0.210. The van der Waals surface area contributed by atoms with Crippen molar-refractivity contribution in [2.24, 2.45) is 5.92 Å². The minimum absolute atomic E-state index is 0.190. The lowest BCUT2D eigenvalue weighted by Gasteiger charge is -2.33. The molecule has 3 aromatic heterocycles. The van der Waals surface area contributed by atoms with Crippen LogP contribution in [-0.2, 0) is 22.6 Å². The van der Waals surface area contributed by atoms with Gasteiger partial charge in [-0.2, -0.15) is 5.26 Å². The highest BCUT2D eigenvalue weighted by Crippen LogP contribution is 2.30. The van der Waals surface area contributed by atoms with Gasteiger partial charge in [0, 0.05) is 29.4 Å². The molecule has 11 nitrogen and oxygen atoms in total. The van der Waals surface area contributed by atoms with Gasteiger partial charge in [-0.25, -0.2) is 23.8 Å². The van der Waals surface area contributed by atoms with E-state index in [-0.39, 0.29) is 12.2 Å². The largest absolute Gasteiger partial charge is 0.444 e. The average Bonchev–Trinajstić information content (AvgIpc) is 3.52. The Labute approximate surface area is 267 Å². The molecule has 0 unspecified atom stereocenters. The van der Waals surface area contributed by atoms with E-state index >= 15 is 0 Å². The predicted molar refractivity (Wildman–Crippen MR) is 170 cm³/mol. The lowest BCUT2D eigenvalue weighted by atomic mass is 9.85. The summed E-state index contributed by atoms with van der Waals surface area (Å²) in [7, 11) is 0. The predicted octanol–water partition coefficient (Wildman–Crippen LogP) is 7.19. The number of ether oxygens (including phenoxy) is 2. The molecule has 0 radical (unpaired) electrons. The molecule has 1 saturated carbocycles. The first-order chi connectivity index (χ1) is 21.2. The molecule has 3 heterocycles. The number of fused-ring (bicyclic) bond motifs is 1. The first kappa shape index (κ1) is 32.0. The third-order valence-corrected chi connectivity index (χ3v) is 7.56. The van der Waals surface area contributed by atoms with E-state index < -0.39 is 23.4 Å². The standard InChI is InChI=1S/C33H38ClN7O4/c1-32(2,3)44-30(42)39(17-21-8-7-9-21)19-25-13-23-11-10-22(12-29(23)41(25)31(43)45-33(4,5)6)18-40-20-28(37-38-40)26-14-24(34)16-36-27(26)15-35/h10-14,16,20-21H,7-9,17-19H2,1-6H3. The van der Waals surface area contributed by atoms with Crippen LogP contribution in [0.3, 0.4) is 0 Å². The molecule has 1 aromatic carbocycles. The van der Waals surface area contributed by atoms with Crippen LogP contribution in [0.15, 0.2) is 42.7 Å². The fourth-order valence-electron chi connectivity index (χ4n) is 5.16. The Morgan fingerprint density at radius 3 is 2.47 bits per heavy atom. The van der Waals surface area contributed by atoms with Crippen LogP contribution in [0.5, 0.6) is 0 Å². The second-order valence-corrected chi connectivity index (χ2v) is 13.9. The maximum Gasteiger partial charge on any atom is 0.419 e. The Morgan fingerprint density at radius 2 is 1.82 bits per heavy atom. The van der Waals surface area contributed by atoms with Crippen LogP contribution < -0.4 is 0 Å². The number of carbonyl (C=O) groups is 2. The lowest BCUT2D eigenvalue weighted by Crippen LogP contribution is -2.41. The third-order valence-electron chi connectivity index (χ3n) is 7.35. The van der Waals surface area contributed by atoms with Crippen LogP contribution in [0.25, 0.3) is 22.2 Å². The summed E-state index contributed by atoms with van der Waals surface area (Å²) in [5, 5.41) is 19.2. The summed E-state index contributed by atoms with van der Waals surface area (Å²) in [6, 6.07) is 11.4. The maximum absolute atomic E-state index is 13.7. The van der Waals surface area contributed by atoms with Gasteiger partial charge in [0.15, 0.2) is 0 Å². The van der Waals surface area contributed by atoms with Crippen molar-refractivity contribution in [1.29, 1.82) is 5.26 Å². The molecule has 0 saturated heterocycles. The molecule has 0 N–H and O–H groups in total. The van der Waals surface area contributed by atoms with E-state index in [1.807, 2.05) is 65.8 Å². The number of benzene rings is 1. The zero-order valence-corrected chi connectivity index (χ0v) is 27.3. The molecule has 0 spiro atoms. The Kier molecular flexibility index (Phi) is 8.90. The first-order valence-electron chi connectivity index (χ1n) is 15.0. The number of nitrogens with zero attached hydrogens (tertiary/aromatic N) is 7. The van der Waals surface area contributed by atoms with Gasteiger partial charge in [-0.05, 0) is 84.1 Å². The molecule has 12 heteroatoms. The normalized spacial score (nSPS) is 13.7. The summed E-state index contributed by atoms with van der Waals surface area (Å²) in [6.07, 6.45) is 5.47. The van der Waals surface area contributed by atoms with Gasteiger partial charge in [-0.15, -0.1) is 5.10 Å². The highest BCUT2D eigenvalue weighted by atomic mass is 35.5. The van der Waals surface area contributed by atoms with E-state index in [4.69, 9.17) is 21.1 Å². The van der Waals surface area contributed by atoms with Crippen molar-refractivity contribution in [1.82, 2.24) is 29.4 Å². The Hall–Kier alpha value is -4.43. The number of hydrogen-bond donors (Lipinski definition) is 0. The number of aromatic nitrogens is 5. The van der Waals surface area contributed by atoms with Crippen LogP contribution in [0, 0.1) is 17.2 Å². The van der Waals surface area contributed by atoms with Gasteiger partial charge in [0.2, 0.25) is 0 Å². The van der Waals surface area contributed by atoms with Gasteiger partial charge in [-0.1, -0.05) is 35.4 Å². The average molecular weight is 632 g/mol. The van der Waals surface area contributed by atoms with Gasteiger partial charge in [0.25, 0.3) is 0 Å². The topological polar surface area (TPSA) is 128 Å². The Balaban J connectivity index is 1.49. The van der Waals surface area contributed by atoms with Crippen molar-refractivity contribution in [2.45, 2.75) is 85.1 Å². The molecule has 1 amide bonds. The summed E-state index contributed by atoms with van der Waals surface area (Å²) in [6.45, 7) is 12.1. The minimum Gasteiger partial charge on any atom is -0.444 e. The fourth-order valence-corrected chi connectivity index (χ4v) is 5.32. The molecule has 0 bridgehead atoms. The van der Waals surface area contributed by atoms with Gasteiger partial charge in [0.05, 0.1) is 29.8 Å². The molecular weight excluding hydrogens is 594 g/mol. The van der Waals surface area contributed by atoms with Gasteiger partial charge >= 0.3 is 12.2 Å². The summed E-state index contributed by atoms with van der Waals surface area (Å²) < 4.78 is 14.8. The number of amides is 1. The Bertz CT molecular complexity index is 1770. The summed E-state index contributed by atoms with van der Waals surface area (Å²) in [4.78, 5) is 32.8. The van der Waals surface area contributed by atoms with E-state index in [1.165, 1.54) is 6.20 Å². The third kappa shape index (κ3) is 7.81. The fraction of sp³-hybridized carbons (Fsp3) is 0.455. The molecule has 5 rings (SSSR count). The monoisotopic (exact) mass is 631 g/mol. The van der Waals surface area contributed by atoms with E-state index in [2.05, 4.69) is 21.4 Å². The highest BCUT2D eigenvalue weighted by molar-refractivity contribution is 6.30. The van der Waals surface area contributed by atoms with Crippen molar-refractivity contribution >= 4 is 34.7 Å². The molecule has 4 aromatic rings. The van der Waals surface area contributed by atoms with Crippen LogP contribution >= 0.6 is 11.6 Å². The summed E-state index contributed by atoms with van der Waals surface area (Å²) >= 11 is 6.11. The van der Waals surface area contributed by atoms with Crippen molar-refractivity contribution in [2.75, 3.05) is 6.54 Å². The van der Waals surface area contributed by atoms with Crippen LogP contribution in [0.2, 0.25) is 5.02 Å². The van der Waals surface area contributed by atoms with Crippen LogP contribution in [-0.4, -0.2) is 59.4 Å². The van der Waals surface area contributed by atoms with Crippen LogP contribution in [0.1, 0.15) is 77.8 Å². The van der Waals surface area contributed by atoms with E-state index in [1.54, 1.807) is 26.4 Å².